The van der Waals surface area contributed by atoms with Crippen LogP contribution in [0.25, 0.3) is 11.1 Å². The fourth-order valence-corrected chi connectivity index (χ4v) is 1.16. The molecule has 2 N–H and O–H groups in total. The summed E-state index contributed by atoms with van der Waals surface area (Å²) in [7, 11) is 0. The van der Waals surface area contributed by atoms with Crippen molar-refractivity contribution < 1.29 is 13.2 Å². The molecule has 0 unspecified atom stereocenters. The summed E-state index contributed by atoms with van der Waals surface area (Å²) in [6.07, 6.45) is -2.57. The third-order valence-electron chi connectivity index (χ3n) is 1.70. The van der Waals surface area contributed by atoms with Gasteiger partial charge in [0, 0.05) is 0 Å². The first-order valence-electron chi connectivity index (χ1n) is 3.61. The average Bonchev–Trinajstić information content (AvgIpc) is 2.43. The molecule has 0 aliphatic heterocycles. The second-order valence-electron chi connectivity index (χ2n) is 2.55. The van der Waals surface area contributed by atoms with Crippen molar-refractivity contribution in [1.29, 1.82) is 0 Å². The van der Waals surface area contributed by atoms with Crippen LogP contribution < -0.4 is 5.73 Å². The van der Waals surface area contributed by atoms with E-state index in [2.05, 4.69) is 4.98 Å². The summed E-state index contributed by atoms with van der Waals surface area (Å²) in [4.78, 5) is 3.73. The number of hydrogen-bond acceptors (Lipinski definition) is 3. The molecule has 1 heterocycles. The molecule has 2 rings (SSSR count). The van der Waals surface area contributed by atoms with Gasteiger partial charge in [0.05, 0.1) is 5.56 Å². The molecule has 0 atom stereocenters. The molecule has 3 nitrogen and oxygen atoms in total. The Kier molecular flexibility index (Phi) is 1.65. The minimum atomic E-state index is -2.57. The van der Waals surface area contributed by atoms with Gasteiger partial charge in [0.1, 0.15) is 5.52 Å². The third-order valence-corrected chi connectivity index (χ3v) is 1.70. The van der Waals surface area contributed by atoms with Crippen LogP contribution in [0.3, 0.4) is 0 Å². The highest BCUT2D eigenvalue weighted by atomic mass is 19.3. The van der Waals surface area contributed by atoms with Crippen molar-refractivity contribution >= 4 is 17.1 Å². The van der Waals surface area contributed by atoms with Crippen LogP contribution >= 0.6 is 0 Å². The standard InChI is InChI=1S/C8H6F2N2O/c9-7(10)4-2-1-3-5-6(4)13-8(11)12-5/h1-3,7H,(H2,11,12). The normalized spacial score (nSPS) is 11.3. The quantitative estimate of drug-likeness (QED) is 0.740. The predicted molar refractivity (Wildman–Crippen MR) is 43.4 cm³/mol. The van der Waals surface area contributed by atoms with Gasteiger partial charge in [0.25, 0.3) is 12.4 Å². The van der Waals surface area contributed by atoms with E-state index >= 15 is 0 Å². The monoisotopic (exact) mass is 184 g/mol. The van der Waals surface area contributed by atoms with E-state index in [1.165, 1.54) is 12.1 Å². The summed E-state index contributed by atoms with van der Waals surface area (Å²) >= 11 is 0. The second kappa shape index (κ2) is 2.69. The molecule has 0 fully saturated rings. The number of benzene rings is 1. The Morgan fingerprint density at radius 3 is 2.85 bits per heavy atom. The van der Waals surface area contributed by atoms with Crippen molar-refractivity contribution in [2.45, 2.75) is 6.43 Å². The Labute approximate surface area is 72.2 Å². The highest BCUT2D eigenvalue weighted by Crippen LogP contribution is 2.28. The lowest BCUT2D eigenvalue weighted by Crippen LogP contribution is -1.83. The minimum Gasteiger partial charge on any atom is -0.423 e. The topological polar surface area (TPSA) is 52.0 Å². The lowest BCUT2D eigenvalue weighted by Gasteiger charge is -1.97. The highest BCUT2D eigenvalue weighted by Gasteiger charge is 2.15. The zero-order valence-electron chi connectivity index (χ0n) is 6.50. The fourth-order valence-electron chi connectivity index (χ4n) is 1.16. The molecule has 0 bridgehead atoms. The number of nitrogens with two attached hydrogens (primary N) is 1. The van der Waals surface area contributed by atoms with Crippen molar-refractivity contribution in [1.82, 2.24) is 4.98 Å². The van der Waals surface area contributed by atoms with Gasteiger partial charge in [-0.3, -0.25) is 0 Å². The molecule has 2 aromatic rings. The SMILES string of the molecule is Nc1nc2cccc(C(F)F)c2o1. The number of nitrogens with zero attached hydrogens (tertiary/aromatic N) is 1. The average molecular weight is 184 g/mol. The van der Waals surface area contributed by atoms with Gasteiger partial charge in [-0.25, -0.2) is 8.78 Å². The number of fused-ring (bicyclic) bond motifs is 1. The number of rotatable bonds is 1. The Morgan fingerprint density at radius 2 is 2.15 bits per heavy atom. The molecule has 1 aromatic heterocycles. The second-order valence-corrected chi connectivity index (χ2v) is 2.55. The number of hydrogen-bond donors (Lipinski definition) is 1. The van der Waals surface area contributed by atoms with Gasteiger partial charge in [-0.05, 0) is 12.1 Å². The summed E-state index contributed by atoms with van der Waals surface area (Å²) < 4.78 is 29.6. The van der Waals surface area contributed by atoms with E-state index in [1.54, 1.807) is 6.07 Å². The molecule has 0 spiro atoms. The van der Waals surface area contributed by atoms with Crippen LogP contribution in [0.1, 0.15) is 12.0 Å². The molecule has 0 saturated carbocycles. The molecule has 0 amide bonds. The van der Waals surface area contributed by atoms with Crippen LogP contribution in [0, 0.1) is 0 Å². The van der Waals surface area contributed by atoms with E-state index in [-0.39, 0.29) is 17.2 Å². The number of para-hydroxylation sites is 1. The molecule has 1 aromatic carbocycles. The lowest BCUT2D eigenvalue weighted by atomic mass is 10.2. The predicted octanol–water partition coefficient (Wildman–Crippen LogP) is 2.35. The smallest absolute Gasteiger partial charge is 0.292 e. The van der Waals surface area contributed by atoms with E-state index in [9.17, 15) is 8.78 Å². The van der Waals surface area contributed by atoms with Gasteiger partial charge in [-0.15, -0.1) is 0 Å². The van der Waals surface area contributed by atoms with E-state index < -0.39 is 6.43 Å². The van der Waals surface area contributed by atoms with Gasteiger partial charge in [0.15, 0.2) is 5.58 Å². The maximum atomic E-state index is 12.4. The van der Waals surface area contributed by atoms with Crippen LogP contribution in [0.5, 0.6) is 0 Å². The summed E-state index contributed by atoms with van der Waals surface area (Å²) in [5, 5.41) is 0. The first-order chi connectivity index (χ1) is 6.18. The highest BCUT2D eigenvalue weighted by molar-refractivity contribution is 5.77. The maximum absolute atomic E-state index is 12.4. The van der Waals surface area contributed by atoms with E-state index in [4.69, 9.17) is 10.2 Å². The van der Waals surface area contributed by atoms with Crippen molar-refractivity contribution in [2.24, 2.45) is 0 Å². The van der Waals surface area contributed by atoms with Crippen LogP contribution in [0.15, 0.2) is 22.6 Å². The molecular formula is C8H6F2N2O. The van der Waals surface area contributed by atoms with Gasteiger partial charge >= 0.3 is 0 Å². The number of halogens is 2. The van der Waals surface area contributed by atoms with Gasteiger partial charge < -0.3 is 10.2 Å². The van der Waals surface area contributed by atoms with Gasteiger partial charge in [-0.1, -0.05) is 6.07 Å². The van der Waals surface area contributed by atoms with Crippen LogP contribution in [-0.4, -0.2) is 4.98 Å². The zero-order chi connectivity index (χ0) is 9.42. The Morgan fingerprint density at radius 1 is 1.38 bits per heavy atom. The molecule has 5 heteroatoms. The number of alkyl halides is 2. The van der Waals surface area contributed by atoms with Crippen LogP contribution in [0.2, 0.25) is 0 Å². The Bertz CT molecular complexity index is 439. The van der Waals surface area contributed by atoms with Gasteiger partial charge in [-0.2, -0.15) is 4.98 Å². The number of anilines is 1. The third kappa shape index (κ3) is 1.22. The fraction of sp³-hybridized carbons (Fsp3) is 0.125. The summed E-state index contributed by atoms with van der Waals surface area (Å²) in [5.41, 5.74) is 5.48. The van der Waals surface area contributed by atoms with Crippen molar-refractivity contribution in [2.75, 3.05) is 5.73 Å². The molecule has 0 aliphatic carbocycles. The molecule has 0 aliphatic rings. The summed E-state index contributed by atoms with van der Waals surface area (Å²) in [5.74, 6) is 0. The molecular weight excluding hydrogens is 178 g/mol. The lowest BCUT2D eigenvalue weighted by molar-refractivity contribution is 0.152. The number of aromatic nitrogens is 1. The van der Waals surface area contributed by atoms with Crippen molar-refractivity contribution in [3.05, 3.63) is 23.8 Å². The van der Waals surface area contributed by atoms with Crippen molar-refractivity contribution in [3.63, 3.8) is 0 Å². The molecule has 0 radical (unpaired) electrons. The first kappa shape index (κ1) is 7.97. The zero-order valence-corrected chi connectivity index (χ0v) is 6.50. The van der Waals surface area contributed by atoms with Crippen LogP contribution in [-0.2, 0) is 0 Å². The van der Waals surface area contributed by atoms with Crippen molar-refractivity contribution in [3.8, 4) is 0 Å². The maximum Gasteiger partial charge on any atom is 0.292 e. The summed E-state index contributed by atoms with van der Waals surface area (Å²) in [6.45, 7) is 0. The van der Waals surface area contributed by atoms with E-state index in [0.29, 0.717) is 5.52 Å². The largest absolute Gasteiger partial charge is 0.423 e. The van der Waals surface area contributed by atoms with Crippen LogP contribution in [0.4, 0.5) is 14.8 Å². The molecule has 68 valence electrons. The van der Waals surface area contributed by atoms with Gasteiger partial charge in [0.2, 0.25) is 0 Å². The Balaban J connectivity index is 2.75. The summed E-state index contributed by atoms with van der Waals surface area (Å²) in [6, 6.07) is 4.26. The molecule has 0 saturated heterocycles. The minimum absolute atomic E-state index is 0.0648. The van der Waals surface area contributed by atoms with E-state index in [1.807, 2.05) is 0 Å². The number of nitrogen functional groups attached to an aromatic ring is 1. The molecule has 13 heavy (non-hydrogen) atoms. The van der Waals surface area contributed by atoms with E-state index in [0.717, 1.165) is 0 Å². The number of oxazole rings is 1. The Hall–Kier alpha value is -1.65. The first-order valence-corrected chi connectivity index (χ1v) is 3.61.